The molecule has 1 heterocycles. The van der Waals surface area contributed by atoms with Gasteiger partial charge in [0, 0.05) is 18.5 Å². The fraction of sp³-hybridized carbons (Fsp3) is 0.600. The molecule has 1 aliphatic carbocycles. The van der Waals surface area contributed by atoms with Crippen LogP contribution in [0.15, 0.2) is 18.2 Å². The second-order valence-corrected chi connectivity index (χ2v) is 9.67. The molecule has 3 rings (SSSR count). The van der Waals surface area contributed by atoms with Gasteiger partial charge in [0.25, 0.3) is 5.91 Å². The summed E-state index contributed by atoms with van der Waals surface area (Å²) in [7, 11) is 0.0158. The summed E-state index contributed by atoms with van der Waals surface area (Å²) in [5, 5.41) is 0. The molecule has 1 amide bonds. The third kappa shape index (κ3) is 5.62. The van der Waals surface area contributed by atoms with E-state index in [1.165, 1.54) is 0 Å². The van der Waals surface area contributed by atoms with Gasteiger partial charge in [0.15, 0.2) is 27.9 Å². The Morgan fingerprint density at radius 2 is 1.79 bits per heavy atom. The summed E-state index contributed by atoms with van der Waals surface area (Å²) in [4.78, 5) is 26.3. The molecule has 1 aromatic carbocycles. The first kappa shape index (κ1) is 21.4. The van der Waals surface area contributed by atoms with Gasteiger partial charge in [-0.3, -0.25) is 9.59 Å². The number of hydrogen-bond acceptors (Lipinski definition) is 7. The van der Waals surface area contributed by atoms with E-state index in [9.17, 15) is 18.0 Å². The molecule has 1 aromatic rings. The van der Waals surface area contributed by atoms with Crippen molar-refractivity contribution in [1.82, 2.24) is 4.90 Å². The fourth-order valence-corrected chi connectivity index (χ4v) is 5.34. The highest BCUT2D eigenvalue weighted by Crippen LogP contribution is 2.32. The van der Waals surface area contributed by atoms with Gasteiger partial charge in [-0.2, -0.15) is 0 Å². The number of benzene rings is 1. The minimum Gasteiger partial charge on any atom is -0.493 e. The topological polar surface area (TPSA) is 99.2 Å². The van der Waals surface area contributed by atoms with Crippen molar-refractivity contribution in [3.05, 3.63) is 23.8 Å². The number of sulfone groups is 1. The predicted molar refractivity (Wildman–Crippen MR) is 106 cm³/mol. The molecule has 1 atom stereocenters. The minimum atomic E-state index is -3.08. The van der Waals surface area contributed by atoms with Crippen LogP contribution >= 0.6 is 0 Å². The molecule has 2 fully saturated rings. The minimum absolute atomic E-state index is 0.00247. The Kier molecular flexibility index (Phi) is 6.66. The van der Waals surface area contributed by atoms with Gasteiger partial charge in [-0.15, -0.1) is 0 Å². The number of hydrogen-bond donors (Lipinski definition) is 0. The van der Waals surface area contributed by atoms with E-state index in [2.05, 4.69) is 0 Å². The zero-order valence-electron chi connectivity index (χ0n) is 16.8. The summed E-state index contributed by atoms with van der Waals surface area (Å²) >= 11 is 0. The quantitative estimate of drug-likeness (QED) is 0.551. The van der Waals surface area contributed by atoms with Crippen LogP contribution in [0.25, 0.3) is 0 Å². The number of nitrogens with zero attached hydrogens (tertiary/aromatic N) is 1. The molecule has 0 spiro atoms. The van der Waals surface area contributed by atoms with Gasteiger partial charge >= 0.3 is 5.97 Å². The first-order valence-electron chi connectivity index (χ1n) is 9.71. The monoisotopic (exact) mass is 425 g/mol. The Hall–Kier alpha value is -2.29. The van der Waals surface area contributed by atoms with Crippen molar-refractivity contribution in [3.63, 3.8) is 0 Å². The summed E-state index contributed by atoms with van der Waals surface area (Å²) in [6, 6.07) is 5.19. The molecule has 0 aromatic heterocycles. The van der Waals surface area contributed by atoms with E-state index in [1.807, 2.05) is 6.07 Å². The normalized spacial score (nSPS) is 20.1. The van der Waals surface area contributed by atoms with Crippen molar-refractivity contribution in [3.8, 4) is 11.5 Å². The summed E-state index contributed by atoms with van der Waals surface area (Å²) in [6.07, 6.45) is 2.77. The lowest BCUT2D eigenvalue weighted by Gasteiger charge is -2.28. The van der Waals surface area contributed by atoms with Crippen LogP contribution in [0.4, 0.5) is 0 Å². The van der Waals surface area contributed by atoms with E-state index >= 15 is 0 Å². The predicted octanol–water partition coefficient (Wildman–Crippen LogP) is 1.36. The standard InChI is InChI=1S/C20H27NO7S/c1-26-17-7-3-14(11-18(17)27-2)4-8-20(23)28-12-19(22)21(15-5-6-15)16-9-10-29(24,25)13-16/h3,7,11,15-16H,4-6,8-10,12-13H2,1-2H3/t16-/m1/s1. The zero-order valence-corrected chi connectivity index (χ0v) is 17.6. The summed E-state index contributed by atoms with van der Waals surface area (Å²) in [5.41, 5.74) is 0.890. The van der Waals surface area contributed by atoms with Gasteiger partial charge in [0.1, 0.15) is 0 Å². The van der Waals surface area contributed by atoms with Gasteiger partial charge in [-0.25, -0.2) is 8.42 Å². The maximum Gasteiger partial charge on any atom is 0.306 e. The highest BCUT2D eigenvalue weighted by atomic mass is 32.2. The van der Waals surface area contributed by atoms with Crippen LogP contribution in [0, 0.1) is 0 Å². The number of methoxy groups -OCH3 is 2. The second-order valence-electron chi connectivity index (χ2n) is 7.44. The van der Waals surface area contributed by atoms with E-state index in [0.29, 0.717) is 24.3 Å². The van der Waals surface area contributed by atoms with Crippen LogP contribution < -0.4 is 9.47 Å². The van der Waals surface area contributed by atoms with Crippen LogP contribution in [0.3, 0.4) is 0 Å². The van der Waals surface area contributed by atoms with Crippen molar-refractivity contribution in [1.29, 1.82) is 0 Å². The maximum absolute atomic E-state index is 12.6. The molecule has 0 N–H and O–H groups in total. The second kappa shape index (κ2) is 9.02. The maximum atomic E-state index is 12.6. The molecule has 0 bridgehead atoms. The van der Waals surface area contributed by atoms with Crippen LogP contribution in [0.1, 0.15) is 31.2 Å². The smallest absolute Gasteiger partial charge is 0.306 e. The lowest BCUT2D eigenvalue weighted by Crippen LogP contribution is -2.44. The SMILES string of the molecule is COc1ccc(CCC(=O)OCC(=O)N(C2CC2)[C@@H]2CCS(=O)(=O)C2)cc1OC. The number of carbonyl (C=O) groups is 2. The molecule has 29 heavy (non-hydrogen) atoms. The van der Waals surface area contributed by atoms with E-state index in [1.54, 1.807) is 31.3 Å². The van der Waals surface area contributed by atoms with E-state index in [0.717, 1.165) is 18.4 Å². The molecule has 9 heteroatoms. The fourth-order valence-electron chi connectivity index (χ4n) is 3.62. The van der Waals surface area contributed by atoms with Crippen molar-refractivity contribution in [2.24, 2.45) is 0 Å². The molecule has 2 aliphatic rings. The molecule has 1 aliphatic heterocycles. The van der Waals surface area contributed by atoms with Crippen molar-refractivity contribution < 1.29 is 32.2 Å². The first-order chi connectivity index (χ1) is 13.8. The molecule has 1 saturated carbocycles. The average molecular weight is 426 g/mol. The average Bonchev–Trinajstić information content (AvgIpc) is 3.47. The van der Waals surface area contributed by atoms with Crippen LogP contribution in [-0.2, 0) is 30.6 Å². The third-order valence-corrected chi connectivity index (χ3v) is 7.00. The number of carbonyl (C=O) groups excluding carboxylic acids is 2. The Balaban J connectivity index is 1.49. The van der Waals surface area contributed by atoms with Gasteiger partial charge in [0.2, 0.25) is 0 Å². The summed E-state index contributed by atoms with van der Waals surface area (Å²) in [5.74, 6) is 0.525. The number of esters is 1. The largest absolute Gasteiger partial charge is 0.493 e. The lowest BCUT2D eigenvalue weighted by atomic mass is 10.1. The number of aryl methyl sites for hydroxylation is 1. The van der Waals surface area contributed by atoms with E-state index in [4.69, 9.17) is 14.2 Å². The molecule has 0 unspecified atom stereocenters. The number of ether oxygens (including phenoxy) is 3. The van der Waals surface area contributed by atoms with Crippen LogP contribution in [0.5, 0.6) is 11.5 Å². The Bertz CT molecular complexity index is 864. The highest BCUT2D eigenvalue weighted by Gasteiger charge is 2.42. The summed E-state index contributed by atoms with van der Waals surface area (Å²) < 4.78 is 39.1. The molecule has 1 saturated heterocycles. The molecule has 8 nitrogen and oxygen atoms in total. The van der Waals surface area contributed by atoms with Gasteiger partial charge in [-0.05, 0) is 43.4 Å². The van der Waals surface area contributed by atoms with E-state index in [-0.39, 0.29) is 42.5 Å². The Morgan fingerprint density at radius 1 is 1.07 bits per heavy atom. The van der Waals surface area contributed by atoms with Crippen LogP contribution in [-0.4, -0.2) is 69.6 Å². The highest BCUT2D eigenvalue weighted by molar-refractivity contribution is 7.91. The van der Waals surface area contributed by atoms with Gasteiger partial charge < -0.3 is 19.1 Å². The lowest BCUT2D eigenvalue weighted by molar-refractivity contribution is -0.153. The number of rotatable bonds is 9. The number of amides is 1. The van der Waals surface area contributed by atoms with E-state index < -0.39 is 15.8 Å². The third-order valence-electron chi connectivity index (χ3n) is 5.25. The van der Waals surface area contributed by atoms with Crippen molar-refractivity contribution in [2.75, 3.05) is 32.3 Å². The molecule has 160 valence electrons. The Morgan fingerprint density at radius 3 is 2.38 bits per heavy atom. The molecular weight excluding hydrogens is 398 g/mol. The zero-order chi connectivity index (χ0) is 21.0. The molecule has 0 radical (unpaired) electrons. The molecular formula is C20H27NO7S. The van der Waals surface area contributed by atoms with Gasteiger partial charge in [0.05, 0.1) is 25.7 Å². The van der Waals surface area contributed by atoms with Crippen molar-refractivity contribution >= 4 is 21.7 Å². The van der Waals surface area contributed by atoms with Crippen LogP contribution in [0.2, 0.25) is 0 Å². The van der Waals surface area contributed by atoms with Crippen molar-refractivity contribution in [2.45, 2.75) is 44.2 Å². The summed E-state index contributed by atoms with van der Waals surface area (Å²) in [6.45, 7) is -0.349. The first-order valence-corrected chi connectivity index (χ1v) is 11.5. The van der Waals surface area contributed by atoms with Gasteiger partial charge in [-0.1, -0.05) is 6.07 Å². The Labute approximate surface area is 171 Å².